The summed E-state index contributed by atoms with van der Waals surface area (Å²) in [7, 11) is -3.93. The van der Waals surface area contributed by atoms with E-state index in [1.54, 1.807) is 12.1 Å². The lowest BCUT2D eigenvalue weighted by molar-refractivity contribution is -0.385. The third-order valence-corrected chi connectivity index (χ3v) is 7.65. The summed E-state index contributed by atoms with van der Waals surface area (Å²) in [5, 5.41) is 14.1. The standard InChI is InChI=1S/C23H20ClN3O5S/c1-15-6-4-9-18(22(15)27(29)30)23(28)25-20-14-17(11-12-19(20)24)33(31,32)26-13-5-8-16-7-2-3-10-21(16)26/h2-4,6-7,9-12,14H,5,8,13H2,1H3,(H,25,28). The molecule has 33 heavy (non-hydrogen) atoms. The van der Waals surface area contributed by atoms with Crippen LogP contribution in [0.15, 0.2) is 65.6 Å². The van der Waals surface area contributed by atoms with Crippen molar-refractivity contribution in [2.75, 3.05) is 16.2 Å². The molecule has 1 aliphatic rings. The SMILES string of the molecule is Cc1cccc(C(=O)Nc2cc(S(=O)(=O)N3CCCc4ccccc43)ccc2Cl)c1[N+](=O)[O-]. The predicted octanol–water partition coefficient (Wildman–Crippen LogP) is 4.95. The highest BCUT2D eigenvalue weighted by molar-refractivity contribution is 7.92. The lowest BCUT2D eigenvalue weighted by atomic mass is 10.0. The molecule has 0 saturated carbocycles. The average molecular weight is 486 g/mol. The zero-order valence-electron chi connectivity index (χ0n) is 17.6. The van der Waals surface area contributed by atoms with Crippen molar-refractivity contribution in [2.45, 2.75) is 24.7 Å². The summed E-state index contributed by atoms with van der Waals surface area (Å²) in [4.78, 5) is 23.6. The van der Waals surface area contributed by atoms with E-state index >= 15 is 0 Å². The Morgan fingerprint density at radius 1 is 1.12 bits per heavy atom. The van der Waals surface area contributed by atoms with Crippen LogP contribution in [0.3, 0.4) is 0 Å². The number of fused-ring (bicyclic) bond motifs is 1. The smallest absolute Gasteiger partial charge is 0.285 e. The topological polar surface area (TPSA) is 110 Å². The van der Waals surface area contributed by atoms with E-state index in [-0.39, 0.29) is 26.9 Å². The van der Waals surface area contributed by atoms with Gasteiger partial charge in [0, 0.05) is 12.1 Å². The van der Waals surface area contributed by atoms with Crippen molar-refractivity contribution in [1.29, 1.82) is 0 Å². The van der Waals surface area contributed by atoms with Crippen molar-refractivity contribution in [3.05, 3.63) is 92.5 Å². The summed E-state index contributed by atoms with van der Waals surface area (Å²) in [6, 6.07) is 15.8. The van der Waals surface area contributed by atoms with Crippen molar-refractivity contribution in [3.8, 4) is 0 Å². The highest BCUT2D eigenvalue weighted by Gasteiger charge is 2.30. The number of nitro benzene ring substituents is 1. The van der Waals surface area contributed by atoms with Crippen LogP contribution < -0.4 is 9.62 Å². The van der Waals surface area contributed by atoms with Gasteiger partial charge in [0.2, 0.25) is 0 Å². The van der Waals surface area contributed by atoms with Gasteiger partial charge in [0.25, 0.3) is 21.6 Å². The maximum absolute atomic E-state index is 13.4. The van der Waals surface area contributed by atoms with E-state index in [0.29, 0.717) is 24.2 Å². The summed E-state index contributed by atoms with van der Waals surface area (Å²) < 4.78 is 28.2. The highest BCUT2D eigenvalue weighted by Crippen LogP contribution is 2.34. The van der Waals surface area contributed by atoms with Crippen molar-refractivity contribution in [2.24, 2.45) is 0 Å². The molecular formula is C23H20ClN3O5S. The second-order valence-electron chi connectivity index (χ2n) is 7.63. The number of para-hydroxylation sites is 2. The minimum Gasteiger partial charge on any atom is -0.320 e. The molecule has 10 heteroatoms. The zero-order valence-corrected chi connectivity index (χ0v) is 19.2. The molecule has 0 atom stereocenters. The first-order chi connectivity index (χ1) is 15.7. The van der Waals surface area contributed by atoms with Crippen LogP contribution in [0, 0.1) is 17.0 Å². The molecule has 0 aromatic heterocycles. The molecule has 170 valence electrons. The maximum atomic E-state index is 13.4. The van der Waals surface area contributed by atoms with Crippen LogP contribution in [-0.4, -0.2) is 25.8 Å². The van der Waals surface area contributed by atoms with Crippen LogP contribution in [0.1, 0.15) is 27.9 Å². The van der Waals surface area contributed by atoms with E-state index in [1.165, 1.54) is 47.6 Å². The summed E-state index contributed by atoms with van der Waals surface area (Å²) >= 11 is 6.22. The Bertz CT molecular complexity index is 1370. The quantitative estimate of drug-likeness (QED) is 0.406. The predicted molar refractivity (Wildman–Crippen MR) is 127 cm³/mol. The van der Waals surface area contributed by atoms with E-state index in [2.05, 4.69) is 5.32 Å². The molecule has 0 aliphatic carbocycles. The third kappa shape index (κ3) is 4.29. The van der Waals surface area contributed by atoms with Gasteiger partial charge in [-0.1, -0.05) is 41.9 Å². The number of nitro groups is 1. The van der Waals surface area contributed by atoms with E-state index in [1.807, 2.05) is 12.1 Å². The van der Waals surface area contributed by atoms with Crippen molar-refractivity contribution in [3.63, 3.8) is 0 Å². The van der Waals surface area contributed by atoms with Gasteiger partial charge in [0.1, 0.15) is 5.56 Å². The fraction of sp³-hybridized carbons (Fsp3) is 0.174. The Balaban J connectivity index is 1.69. The molecule has 3 aromatic rings. The van der Waals surface area contributed by atoms with Gasteiger partial charge < -0.3 is 5.32 Å². The molecule has 0 spiro atoms. The van der Waals surface area contributed by atoms with E-state index in [9.17, 15) is 23.3 Å². The molecule has 0 unspecified atom stereocenters. The van der Waals surface area contributed by atoms with Crippen molar-refractivity contribution >= 4 is 44.6 Å². The van der Waals surface area contributed by atoms with Gasteiger partial charge in [0.05, 0.1) is 26.2 Å². The summed E-state index contributed by atoms with van der Waals surface area (Å²) in [6.45, 7) is 1.87. The van der Waals surface area contributed by atoms with Crippen LogP contribution >= 0.6 is 11.6 Å². The number of hydrogen-bond donors (Lipinski definition) is 1. The van der Waals surface area contributed by atoms with Crippen LogP contribution in [-0.2, 0) is 16.4 Å². The monoisotopic (exact) mass is 485 g/mol. The normalized spacial score (nSPS) is 13.3. The Morgan fingerprint density at radius 2 is 1.88 bits per heavy atom. The van der Waals surface area contributed by atoms with Crippen LogP contribution in [0.5, 0.6) is 0 Å². The summed E-state index contributed by atoms with van der Waals surface area (Å²) in [6.07, 6.45) is 1.48. The summed E-state index contributed by atoms with van der Waals surface area (Å²) in [5.74, 6) is -0.759. The van der Waals surface area contributed by atoms with E-state index < -0.39 is 20.9 Å². The number of carbonyl (C=O) groups is 1. The number of halogens is 1. The van der Waals surface area contributed by atoms with Gasteiger partial charge in [-0.2, -0.15) is 0 Å². The second kappa shape index (κ2) is 8.84. The fourth-order valence-electron chi connectivity index (χ4n) is 3.91. The van der Waals surface area contributed by atoms with Gasteiger partial charge in [-0.25, -0.2) is 8.42 Å². The summed E-state index contributed by atoms with van der Waals surface area (Å²) in [5.41, 5.74) is 1.48. The van der Waals surface area contributed by atoms with Gasteiger partial charge in [-0.15, -0.1) is 0 Å². The number of carbonyl (C=O) groups excluding carboxylic acids is 1. The van der Waals surface area contributed by atoms with E-state index in [4.69, 9.17) is 11.6 Å². The number of nitrogens with zero attached hydrogens (tertiary/aromatic N) is 2. The first kappa shape index (κ1) is 22.8. The lowest BCUT2D eigenvalue weighted by Gasteiger charge is -2.30. The largest absolute Gasteiger partial charge is 0.320 e. The van der Waals surface area contributed by atoms with Gasteiger partial charge in [-0.3, -0.25) is 19.2 Å². The Labute approximate surface area is 196 Å². The molecule has 0 saturated heterocycles. The number of anilines is 2. The van der Waals surface area contributed by atoms with Crippen molar-refractivity contribution in [1.82, 2.24) is 0 Å². The maximum Gasteiger partial charge on any atom is 0.285 e. The molecule has 1 amide bonds. The highest BCUT2D eigenvalue weighted by atomic mass is 35.5. The van der Waals surface area contributed by atoms with Gasteiger partial charge >= 0.3 is 0 Å². The molecule has 0 fully saturated rings. The molecule has 4 rings (SSSR count). The molecule has 1 aliphatic heterocycles. The van der Waals surface area contributed by atoms with Gasteiger partial charge in [0.15, 0.2) is 0 Å². The zero-order chi connectivity index (χ0) is 23.8. The first-order valence-electron chi connectivity index (χ1n) is 10.2. The minimum atomic E-state index is -3.93. The number of nitrogens with one attached hydrogen (secondary N) is 1. The van der Waals surface area contributed by atoms with Crippen LogP contribution in [0.2, 0.25) is 5.02 Å². The second-order valence-corrected chi connectivity index (χ2v) is 9.90. The molecule has 8 nitrogen and oxygen atoms in total. The average Bonchev–Trinajstić information content (AvgIpc) is 2.79. The Morgan fingerprint density at radius 3 is 2.64 bits per heavy atom. The van der Waals surface area contributed by atoms with E-state index in [0.717, 1.165) is 12.0 Å². The number of aryl methyl sites for hydroxylation is 2. The van der Waals surface area contributed by atoms with Crippen molar-refractivity contribution < 1.29 is 18.1 Å². The molecule has 0 radical (unpaired) electrons. The molecule has 0 bridgehead atoms. The number of hydrogen-bond acceptors (Lipinski definition) is 5. The first-order valence-corrected chi connectivity index (χ1v) is 12.0. The fourth-order valence-corrected chi connectivity index (χ4v) is 5.64. The number of amides is 1. The third-order valence-electron chi connectivity index (χ3n) is 5.51. The number of sulfonamides is 1. The number of benzene rings is 3. The minimum absolute atomic E-state index is 0.0438. The molecule has 3 aromatic carbocycles. The Hall–Kier alpha value is -3.43. The van der Waals surface area contributed by atoms with Gasteiger partial charge in [-0.05, 0) is 55.7 Å². The molecule has 1 heterocycles. The molecular weight excluding hydrogens is 466 g/mol. The lowest BCUT2D eigenvalue weighted by Crippen LogP contribution is -2.35. The molecule has 1 N–H and O–H groups in total. The number of rotatable bonds is 5. The Kier molecular flexibility index (Phi) is 6.09. The van der Waals surface area contributed by atoms with Crippen LogP contribution in [0.25, 0.3) is 0 Å². The van der Waals surface area contributed by atoms with Crippen LogP contribution in [0.4, 0.5) is 17.1 Å².